The quantitative estimate of drug-likeness (QED) is 0.168. The lowest BCUT2D eigenvalue weighted by Crippen LogP contribution is -2.65. The van der Waals surface area contributed by atoms with E-state index in [9.17, 15) is 0 Å². The summed E-state index contributed by atoms with van der Waals surface area (Å²) >= 11 is 51.0. The average molecular weight is 2520 g/mol. The Balaban J connectivity index is 6.78. The van der Waals surface area contributed by atoms with Crippen LogP contribution >= 0.6 is 429 Å². The van der Waals surface area contributed by atoms with E-state index < -0.39 is 0 Å². The second-order valence-electron chi connectivity index (χ2n) is 4.93. The Labute approximate surface area is 426 Å². The van der Waals surface area contributed by atoms with Crippen molar-refractivity contribution in [2.45, 2.75) is 5.45 Å². The van der Waals surface area contributed by atoms with Crippen molar-refractivity contribution in [3.8, 4) is 0 Å². The molecule has 0 aromatic carbocycles. The predicted molar refractivity (Wildman–Crippen MR) is 292 cm³/mol. The molecule has 28 heavy (non-hydrogen) atoms. The fourth-order valence-corrected chi connectivity index (χ4v) is 38.4. The van der Waals surface area contributed by atoms with Crippen LogP contribution in [0.3, 0.4) is 0 Å². The van der Waals surface area contributed by atoms with Crippen molar-refractivity contribution in [3.05, 3.63) is 0 Å². The third-order valence-corrected chi connectivity index (χ3v) is 47.7. The van der Waals surface area contributed by atoms with Gasteiger partial charge in [0.2, 0.25) is 0 Å². The Morgan fingerprint density at radius 3 is 0.786 bits per heavy atom. The van der Waals surface area contributed by atoms with E-state index in [1.807, 2.05) is 0 Å². The normalized spacial score (nSPS) is 16.7. The minimum atomic E-state index is -0.0438. The van der Waals surface area contributed by atoms with Crippen LogP contribution in [0.1, 0.15) is 0 Å². The largest absolute Gasteiger partial charge is 0.149 e. The minimum Gasteiger partial charge on any atom is -0.0642 e. The van der Waals surface area contributed by atoms with Crippen LogP contribution in [0.4, 0.5) is 0 Å². The molecule has 0 aliphatic rings. The van der Waals surface area contributed by atoms with Gasteiger partial charge < -0.3 is 0 Å². The van der Waals surface area contributed by atoms with Gasteiger partial charge in [0.1, 0.15) is 5.45 Å². The highest BCUT2D eigenvalue weighted by atomic mass is 127. The van der Waals surface area contributed by atoms with Gasteiger partial charge in [0.15, 0.2) is 0 Å². The molecule has 0 saturated heterocycles. The van der Waals surface area contributed by atoms with Gasteiger partial charge >= 0.3 is 0 Å². The Hall–Kier alpha value is 13.9. The molecule has 0 aliphatic carbocycles. The highest BCUT2D eigenvalue weighted by Crippen LogP contribution is 2.79. The maximum Gasteiger partial charge on any atom is 0.149 e. The molecule has 0 N–H and O–H groups in total. The lowest BCUT2D eigenvalue weighted by atomic mass is 10.0. The number of hydrogen-bond donors (Lipinski definition) is 0. The van der Waals surface area contributed by atoms with Gasteiger partial charge in [-0.2, -0.15) is 0 Å². The summed E-state index contributed by atoms with van der Waals surface area (Å²) in [4.78, 5) is 0. The molecule has 0 bridgehead atoms. The number of hydrogen-bond acceptors (Lipinski definition) is 0. The third kappa shape index (κ3) is 10.2. The minimum absolute atomic E-state index is 0.00537. The van der Waals surface area contributed by atoms with Crippen LogP contribution in [0, 0.1) is 5.92 Å². The van der Waals surface area contributed by atoms with Crippen LogP contribution in [0.25, 0.3) is 0 Å². The number of halogens is 19. The molecule has 0 atom stereocenters. The molecule has 0 unspecified atom stereocenters. The summed E-state index contributed by atoms with van der Waals surface area (Å²) in [5.74, 6) is 0.444. The molecule has 170 valence electrons. The highest BCUT2D eigenvalue weighted by Gasteiger charge is 2.75. The van der Waals surface area contributed by atoms with Gasteiger partial charge in [-0.25, -0.2) is 0 Å². The first kappa shape index (κ1) is 41.9. The SMILES string of the molecule is IC(I)(I)C(C(I)(I)I)C(I)(I)C(I)(I)C(I)(I)C(I)(I)C(I)(I)C(I)(I)I. The van der Waals surface area contributed by atoms with E-state index in [0.29, 0.717) is 5.92 Å². The molecule has 0 fully saturated rings. The van der Waals surface area contributed by atoms with Gasteiger partial charge in [-0.1, -0.05) is 429 Å². The summed E-state index contributed by atoms with van der Waals surface area (Å²) in [6.07, 6.45) is 0. The van der Waals surface area contributed by atoms with Gasteiger partial charge in [-0.15, -0.1) is 0 Å². The molecule has 0 spiro atoms. The maximum absolute atomic E-state index is 2.76. The van der Waals surface area contributed by atoms with Crippen LogP contribution in [0.15, 0.2) is 0 Å². The second kappa shape index (κ2) is 15.4. The topological polar surface area (TPSA) is 0 Å². The van der Waals surface area contributed by atoms with Crippen molar-refractivity contribution >= 4 is 429 Å². The summed E-state index contributed by atoms with van der Waals surface area (Å²) in [5.41, 5.74) is 0. The van der Waals surface area contributed by atoms with Gasteiger partial charge in [-0.05, 0) is 0 Å². The molecular formula is C9HI19. The molecule has 0 saturated carbocycles. The third-order valence-electron chi connectivity index (χ3n) is 2.97. The zero-order valence-electron chi connectivity index (χ0n) is 11.8. The lowest BCUT2D eigenvalue weighted by Gasteiger charge is -2.57. The molecule has 19 heteroatoms. The van der Waals surface area contributed by atoms with Gasteiger partial charge in [0.05, 0.1) is 5.92 Å². The molecular weight excluding hydrogens is 2520 g/mol. The molecule has 0 amide bonds. The molecule has 0 aliphatic heterocycles. The fraction of sp³-hybridized carbons (Fsp3) is 1.00. The van der Waals surface area contributed by atoms with Gasteiger partial charge in [-0.3, -0.25) is 0 Å². The Morgan fingerprint density at radius 1 is 0.321 bits per heavy atom. The first-order valence-electron chi connectivity index (χ1n) is 5.71. The van der Waals surface area contributed by atoms with Crippen molar-refractivity contribution in [1.29, 1.82) is 0 Å². The number of alkyl halides is 19. The maximum atomic E-state index is 2.76. The van der Waals surface area contributed by atoms with Crippen molar-refractivity contribution < 1.29 is 0 Å². The monoisotopic (exact) mass is 2520 g/mol. The Kier molecular flexibility index (Phi) is 23.1. The molecule has 0 heterocycles. The first-order valence-corrected chi connectivity index (χ1v) is 26.2. The fourth-order valence-electron chi connectivity index (χ4n) is 1.56. The Morgan fingerprint density at radius 2 is 0.571 bits per heavy atom. The van der Waals surface area contributed by atoms with E-state index >= 15 is 0 Å². The Bertz CT molecular complexity index is 541. The zero-order valence-corrected chi connectivity index (χ0v) is 52.8. The van der Waals surface area contributed by atoms with E-state index in [4.69, 9.17) is 0 Å². The van der Waals surface area contributed by atoms with Crippen molar-refractivity contribution in [2.24, 2.45) is 5.92 Å². The molecule has 0 nitrogen and oxygen atoms in total. The first-order chi connectivity index (χ1) is 11.6. The molecule has 0 rings (SSSR count). The van der Waals surface area contributed by atoms with E-state index in [1.165, 1.54) is 0 Å². The van der Waals surface area contributed by atoms with Gasteiger partial charge in [0.25, 0.3) is 0 Å². The second-order valence-corrected chi connectivity index (χ2v) is 65.2. The van der Waals surface area contributed by atoms with E-state index in [-0.39, 0.29) is 5.45 Å². The van der Waals surface area contributed by atoms with Crippen molar-refractivity contribution in [3.63, 3.8) is 0 Å². The van der Waals surface area contributed by atoms with Crippen LogP contribution in [-0.4, -0.2) is 5.45 Å². The van der Waals surface area contributed by atoms with Crippen LogP contribution in [0.5, 0.6) is 0 Å². The van der Waals surface area contributed by atoms with Crippen LogP contribution in [-0.2, 0) is 0 Å². The molecule has 0 aromatic rings. The highest BCUT2D eigenvalue weighted by molar-refractivity contribution is 14.3. The van der Waals surface area contributed by atoms with E-state index in [1.54, 1.807) is 0 Å². The zero-order chi connectivity index (χ0) is 23.6. The average Bonchev–Trinajstić information content (AvgIpc) is 2.31. The summed E-state index contributed by atoms with van der Waals surface area (Å²) in [7, 11) is 0. The summed E-state index contributed by atoms with van der Waals surface area (Å²) in [6.45, 7) is 0. The van der Waals surface area contributed by atoms with Crippen LogP contribution in [0.2, 0.25) is 0 Å². The molecule has 0 aromatic heterocycles. The smallest absolute Gasteiger partial charge is 0.0642 e. The van der Waals surface area contributed by atoms with E-state index in [0.717, 1.165) is 0 Å². The summed E-state index contributed by atoms with van der Waals surface area (Å²) < 4.78 is 0.168. The standard InChI is InChI=1S/C9HI19/c10-2(11,1(3(12,13)14)4(15,16)17)5(18,19)6(20,21)7(22,23)8(24,25)9(26,27)28/h1H. The summed E-state index contributed by atoms with van der Waals surface area (Å²) in [6, 6.07) is 0. The van der Waals surface area contributed by atoms with Crippen molar-refractivity contribution in [1.82, 2.24) is 0 Å². The molecule has 0 radical (unpaired) electrons. The van der Waals surface area contributed by atoms with Gasteiger partial charge in [0, 0.05) is 0 Å². The number of rotatable bonds is 8. The van der Waals surface area contributed by atoms with Crippen molar-refractivity contribution in [2.75, 3.05) is 0 Å². The lowest BCUT2D eigenvalue weighted by molar-refractivity contribution is 0.569. The van der Waals surface area contributed by atoms with E-state index in [2.05, 4.69) is 429 Å². The predicted octanol–water partition coefficient (Wildman–Crippen LogP) is 15.3. The van der Waals surface area contributed by atoms with Crippen LogP contribution < -0.4 is 0 Å². The summed E-state index contributed by atoms with van der Waals surface area (Å²) in [5, 5.41) is 0.